The Balaban J connectivity index is 4.01. The number of hydrogen-bond donors (Lipinski definition) is 1. The Hall–Kier alpha value is -0.250. The van der Waals surface area contributed by atoms with E-state index in [0.717, 1.165) is 6.42 Å². The lowest BCUT2D eigenvalue weighted by Gasteiger charge is -2.26. The first-order valence-electron chi connectivity index (χ1n) is 4.84. The topological polar surface area (TPSA) is 26.0 Å². The van der Waals surface area contributed by atoms with Gasteiger partial charge in [0.2, 0.25) is 0 Å². The SMILES string of the molecule is CC(C[C@H](N)C(F)(F)F)CC(C)(C)C. The third-order valence-electron chi connectivity index (χ3n) is 2.04. The van der Waals surface area contributed by atoms with Crippen molar-refractivity contribution in [2.45, 2.75) is 52.8 Å². The highest BCUT2D eigenvalue weighted by Gasteiger charge is 2.37. The minimum atomic E-state index is -4.26. The highest BCUT2D eigenvalue weighted by Crippen LogP contribution is 2.30. The van der Waals surface area contributed by atoms with E-state index in [1.54, 1.807) is 0 Å². The smallest absolute Gasteiger partial charge is 0.320 e. The predicted molar refractivity (Wildman–Crippen MR) is 51.9 cm³/mol. The molecule has 1 nitrogen and oxygen atoms in total. The lowest BCUT2D eigenvalue weighted by Crippen LogP contribution is -2.38. The van der Waals surface area contributed by atoms with Gasteiger partial charge in [0.25, 0.3) is 0 Å². The van der Waals surface area contributed by atoms with Crippen molar-refractivity contribution in [1.82, 2.24) is 0 Å². The van der Waals surface area contributed by atoms with Crippen molar-refractivity contribution < 1.29 is 13.2 Å². The first-order chi connectivity index (χ1) is 6.02. The van der Waals surface area contributed by atoms with Gasteiger partial charge in [-0.25, -0.2) is 0 Å². The molecule has 0 aliphatic carbocycles. The van der Waals surface area contributed by atoms with Gasteiger partial charge in [0.1, 0.15) is 6.04 Å². The summed E-state index contributed by atoms with van der Waals surface area (Å²) in [5.41, 5.74) is 5.11. The van der Waals surface area contributed by atoms with Crippen molar-refractivity contribution in [3.63, 3.8) is 0 Å². The van der Waals surface area contributed by atoms with Crippen LogP contribution in [0.3, 0.4) is 0 Å². The van der Waals surface area contributed by atoms with Gasteiger partial charge in [-0.15, -0.1) is 0 Å². The molecule has 0 rings (SSSR count). The van der Waals surface area contributed by atoms with Crippen molar-refractivity contribution in [2.24, 2.45) is 17.1 Å². The maximum Gasteiger partial charge on any atom is 0.403 e. The molecule has 0 amide bonds. The van der Waals surface area contributed by atoms with E-state index < -0.39 is 12.2 Å². The zero-order valence-electron chi connectivity index (χ0n) is 9.28. The van der Waals surface area contributed by atoms with Crippen molar-refractivity contribution in [3.05, 3.63) is 0 Å². The highest BCUT2D eigenvalue weighted by atomic mass is 19.4. The number of nitrogens with two attached hydrogens (primary N) is 1. The van der Waals surface area contributed by atoms with Crippen LogP contribution < -0.4 is 5.73 Å². The molecular formula is C10H20F3N. The van der Waals surface area contributed by atoms with Gasteiger partial charge in [0.15, 0.2) is 0 Å². The molecule has 14 heavy (non-hydrogen) atoms. The summed E-state index contributed by atoms with van der Waals surface area (Å²) in [6.45, 7) is 7.87. The summed E-state index contributed by atoms with van der Waals surface area (Å²) >= 11 is 0. The molecule has 0 spiro atoms. The summed E-state index contributed by atoms with van der Waals surface area (Å²) in [5.74, 6) is 0.00613. The van der Waals surface area contributed by atoms with Gasteiger partial charge in [-0.3, -0.25) is 0 Å². The fraction of sp³-hybridized carbons (Fsp3) is 1.00. The van der Waals surface area contributed by atoms with Crippen molar-refractivity contribution in [3.8, 4) is 0 Å². The summed E-state index contributed by atoms with van der Waals surface area (Å²) in [4.78, 5) is 0. The van der Waals surface area contributed by atoms with Crippen LogP contribution in [0.25, 0.3) is 0 Å². The summed E-state index contributed by atoms with van der Waals surface area (Å²) in [5, 5.41) is 0. The van der Waals surface area contributed by atoms with Crippen LogP contribution in [-0.4, -0.2) is 12.2 Å². The Morgan fingerprint density at radius 2 is 1.57 bits per heavy atom. The maximum absolute atomic E-state index is 12.1. The molecule has 0 saturated heterocycles. The van der Waals surface area contributed by atoms with Crippen LogP contribution in [-0.2, 0) is 0 Å². The molecule has 0 heterocycles. The summed E-state index contributed by atoms with van der Waals surface area (Å²) in [7, 11) is 0. The van der Waals surface area contributed by atoms with Crippen molar-refractivity contribution in [2.75, 3.05) is 0 Å². The molecule has 0 aliphatic rings. The summed E-state index contributed by atoms with van der Waals surface area (Å²) in [6.07, 6.45) is -3.48. The molecule has 0 bridgehead atoms. The Morgan fingerprint density at radius 1 is 1.14 bits per heavy atom. The zero-order valence-corrected chi connectivity index (χ0v) is 9.28. The Morgan fingerprint density at radius 3 is 1.86 bits per heavy atom. The number of hydrogen-bond acceptors (Lipinski definition) is 1. The molecular weight excluding hydrogens is 191 g/mol. The first kappa shape index (κ1) is 13.8. The van der Waals surface area contributed by atoms with E-state index in [2.05, 4.69) is 0 Å². The van der Waals surface area contributed by atoms with Gasteiger partial charge < -0.3 is 5.73 Å². The normalized spacial score (nSPS) is 18.0. The molecule has 86 valence electrons. The molecule has 1 unspecified atom stereocenters. The quantitative estimate of drug-likeness (QED) is 0.761. The third kappa shape index (κ3) is 6.24. The average molecular weight is 211 g/mol. The van der Waals surface area contributed by atoms with E-state index in [9.17, 15) is 13.2 Å². The minimum Gasteiger partial charge on any atom is -0.320 e. The molecule has 0 saturated carbocycles. The monoisotopic (exact) mass is 211 g/mol. The van der Waals surface area contributed by atoms with Crippen LogP contribution in [0.4, 0.5) is 13.2 Å². The fourth-order valence-electron chi connectivity index (χ4n) is 1.70. The van der Waals surface area contributed by atoms with Crippen LogP contribution in [0.15, 0.2) is 0 Å². The van der Waals surface area contributed by atoms with E-state index in [0.29, 0.717) is 0 Å². The Bertz CT molecular complexity index is 169. The second-order valence-corrected chi connectivity index (χ2v) is 5.25. The predicted octanol–water partition coefficient (Wildman–Crippen LogP) is 3.34. The lowest BCUT2D eigenvalue weighted by atomic mass is 9.83. The van der Waals surface area contributed by atoms with Gasteiger partial charge >= 0.3 is 6.18 Å². The Kier molecular flexibility index (Phi) is 4.43. The molecule has 4 heteroatoms. The molecule has 2 atom stereocenters. The molecule has 0 aliphatic heterocycles. The van der Waals surface area contributed by atoms with Crippen molar-refractivity contribution in [1.29, 1.82) is 0 Å². The molecule has 0 aromatic heterocycles. The molecule has 0 radical (unpaired) electrons. The van der Waals surface area contributed by atoms with Gasteiger partial charge in [0, 0.05) is 0 Å². The van der Waals surface area contributed by atoms with Crippen molar-refractivity contribution >= 4 is 0 Å². The molecule has 2 N–H and O–H groups in total. The number of rotatable bonds is 3. The summed E-state index contributed by atoms with van der Waals surface area (Å²) in [6, 6.07) is -1.68. The fourth-order valence-corrected chi connectivity index (χ4v) is 1.70. The van der Waals surface area contributed by atoms with E-state index in [-0.39, 0.29) is 17.8 Å². The maximum atomic E-state index is 12.1. The Labute approximate surface area is 83.9 Å². The highest BCUT2D eigenvalue weighted by molar-refractivity contribution is 4.75. The van der Waals surface area contributed by atoms with Crippen LogP contribution in [0.5, 0.6) is 0 Å². The van der Waals surface area contributed by atoms with Crippen LogP contribution in [0.1, 0.15) is 40.5 Å². The van der Waals surface area contributed by atoms with Gasteiger partial charge in [-0.2, -0.15) is 13.2 Å². The second-order valence-electron chi connectivity index (χ2n) is 5.25. The molecule has 0 fully saturated rings. The van der Waals surface area contributed by atoms with E-state index in [1.165, 1.54) is 0 Å². The molecule has 0 aromatic rings. The standard InChI is InChI=1S/C10H20F3N/c1-7(6-9(2,3)4)5-8(14)10(11,12)13/h7-8H,5-6,14H2,1-4H3/t7?,8-/m0/s1. The first-order valence-corrected chi connectivity index (χ1v) is 4.84. The van der Waals surface area contributed by atoms with Gasteiger partial charge in [-0.05, 0) is 24.2 Å². The number of alkyl halides is 3. The number of halogens is 3. The van der Waals surface area contributed by atoms with E-state index in [1.807, 2.05) is 27.7 Å². The summed E-state index contributed by atoms with van der Waals surface area (Å²) < 4.78 is 36.4. The van der Waals surface area contributed by atoms with E-state index >= 15 is 0 Å². The zero-order chi connectivity index (χ0) is 11.6. The van der Waals surface area contributed by atoms with Crippen LogP contribution >= 0.6 is 0 Å². The second kappa shape index (κ2) is 4.51. The lowest BCUT2D eigenvalue weighted by molar-refractivity contribution is -0.151. The molecule has 0 aromatic carbocycles. The van der Waals surface area contributed by atoms with E-state index in [4.69, 9.17) is 5.73 Å². The average Bonchev–Trinajstić information content (AvgIpc) is 1.79. The van der Waals surface area contributed by atoms with Gasteiger partial charge in [0.05, 0.1) is 0 Å². The van der Waals surface area contributed by atoms with Crippen LogP contribution in [0.2, 0.25) is 0 Å². The van der Waals surface area contributed by atoms with Crippen LogP contribution in [0, 0.1) is 11.3 Å². The van der Waals surface area contributed by atoms with Gasteiger partial charge in [-0.1, -0.05) is 27.7 Å². The third-order valence-corrected chi connectivity index (χ3v) is 2.04. The largest absolute Gasteiger partial charge is 0.403 e. The minimum absolute atomic E-state index is 0.00613.